The molecule has 0 saturated carbocycles. The van der Waals surface area contributed by atoms with Gasteiger partial charge in [-0.2, -0.15) is 0 Å². The van der Waals surface area contributed by atoms with Crippen LogP contribution in [-0.2, 0) is 16.1 Å². The largest absolute Gasteiger partial charge is 0.489 e. The van der Waals surface area contributed by atoms with Crippen molar-refractivity contribution in [2.45, 2.75) is 19.6 Å². The molecule has 5 nitrogen and oxygen atoms in total. The molecule has 0 aromatic heterocycles. The lowest BCUT2D eigenvalue weighted by atomic mass is 10.2. The fourth-order valence-corrected chi connectivity index (χ4v) is 2.48. The van der Waals surface area contributed by atoms with Gasteiger partial charge in [0.2, 0.25) is 0 Å². The average Bonchev–Trinajstić information content (AvgIpc) is 2.74. The van der Waals surface area contributed by atoms with E-state index in [-0.39, 0.29) is 0 Å². The molecule has 0 fully saturated rings. The van der Waals surface area contributed by atoms with E-state index in [0.29, 0.717) is 23.6 Å². The lowest BCUT2D eigenvalue weighted by Gasteiger charge is -2.14. The molecule has 0 aliphatic rings. The normalized spacial score (nSPS) is 11.3. The van der Waals surface area contributed by atoms with E-state index < -0.39 is 18.0 Å². The number of benzene rings is 3. The van der Waals surface area contributed by atoms with Gasteiger partial charge in [-0.3, -0.25) is 4.79 Å². The van der Waals surface area contributed by atoms with Crippen LogP contribution >= 0.6 is 0 Å². The summed E-state index contributed by atoms with van der Waals surface area (Å²) >= 11 is 0. The van der Waals surface area contributed by atoms with Crippen molar-refractivity contribution in [3.05, 3.63) is 96.1 Å². The molecular weight excluding hydrogens is 354 g/mol. The second-order valence-corrected chi connectivity index (χ2v) is 6.20. The number of hydrogen-bond donors (Lipinski definition) is 1. The summed E-state index contributed by atoms with van der Waals surface area (Å²) in [6.07, 6.45) is -0.915. The minimum absolute atomic E-state index is 0.401. The van der Waals surface area contributed by atoms with E-state index in [0.717, 1.165) is 5.56 Å². The van der Waals surface area contributed by atoms with Gasteiger partial charge in [0.15, 0.2) is 6.10 Å². The van der Waals surface area contributed by atoms with E-state index in [1.54, 1.807) is 54.6 Å². The zero-order valence-electron chi connectivity index (χ0n) is 15.5. The summed E-state index contributed by atoms with van der Waals surface area (Å²) in [5.74, 6) is -0.236. The molecule has 0 aliphatic heterocycles. The van der Waals surface area contributed by atoms with Gasteiger partial charge in [-0.25, -0.2) is 4.79 Å². The number of anilines is 1. The Bertz CT molecular complexity index is 908. The number of nitrogens with one attached hydrogen (secondary N) is 1. The summed E-state index contributed by atoms with van der Waals surface area (Å²) in [5, 5.41) is 2.73. The molecule has 5 heteroatoms. The Morgan fingerprint density at radius 2 is 1.46 bits per heavy atom. The topological polar surface area (TPSA) is 64.6 Å². The second-order valence-electron chi connectivity index (χ2n) is 6.20. The number of carbonyl (C=O) groups is 2. The average molecular weight is 375 g/mol. The molecule has 0 saturated heterocycles. The molecule has 3 rings (SSSR count). The fraction of sp³-hybridized carbons (Fsp3) is 0.130. The van der Waals surface area contributed by atoms with Crippen molar-refractivity contribution in [3.8, 4) is 5.75 Å². The number of carbonyl (C=O) groups excluding carboxylic acids is 2. The standard InChI is InChI=1S/C23H21NO4/c1-17(28-23(26)19-10-6-3-7-11-19)22(25)24-20-12-14-21(15-13-20)27-16-18-8-4-2-5-9-18/h2-15,17H,16H2,1H3,(H,24,25)/t17-/m0/s1. The van der Waals surface area contributed by atoms with Crippen molar-refractivity contribution in [3.63, 3.8) is 0 Å². The van der Waals surface area contributed by atoms with Crippen LogP contribution in [0.15, 0.2) is 84.9 Å². The maximum atomic E-state index is 12.3. The summed E-state index contributed by atoms with van der Waals surface area (Å²) in [5.41, 5.74) is 2.08. The molecule has 0 aliphatic carbocycles. The second kappa shape index (κ2) is 9.37. The first-order valence-corrected chi connectivity index (χ1v) is 8.95. The van der Waals surface area contributed by atoms with Crippen LogP contribution in [0.25, 0.3) is 0 Å². The Balaban J connectivity index is 1.50. The van der Waals surface area contributed by atoms with Gasteiger partial charge in [-0.05, 0) is 48.9 Å². The third kappa shape index (κ3) is 5.45. The van der Waals surface area contributed by atoms with Crippen LogP contribution in [-0.4, -0.2) is 18.0 Å². The van der Waals surface area contributed by atoms with Gasteiger partial charge in [0.05, 0.1) is 5.56 Å². The van der Waals surface area contributed by atoms with Crippen molar-refractivity contribution in [1.29, 1.82) is 0 Å². The highest BCUT2D eigenvalue weighted by molar-refractivity contribution is 5.97. The maximum absolute atomic E-state index is 12.3. The number of rotatable bonds is 7. The molecule has 142 valence electrons. The Hall–Kier alpha value is -3.60. The Morgan fingerprint density at radius 1 is 0.857 bits per heavy atom. The van der Waals surface area contributed by atoms with Gasteiger partial charge in [-0.15, -0.1) is 0 Å². The summed E-state index contributed by atoms with van der Waals surface area (Å²) in [4.78, 5) is 24.3. The van der Waals surface area contributed by atoms with Gasteiger partial charge in [-0.1, -0.05) is 48.5 Å². The van der Waals surface area contributed by atoms with E-state index in [1.165, 1.54) is 6.92 Å². The van der Waals surface area contributed by atoms with Crippen LogP contribution in [0.2, 0.25) is 0 Å². The number of hydrogen-bond acceptors (Lipinski definition) is 4. The first-order chi connectivity index (χ1) is 13.6. The van der Waals surface area contributed by atoms with Crippen molar-refractivity contribution < 1.29 is 19.1 Å². The van der Waals surface area contributed by atoms with Gasteiger partial charge in [0.1, 0.15) is 12.4 Å². The third-order valence-electron chi connectivity index (χ3n) is 4.03. The molecule has 1 N–H and O–H groups in total. The molecule has 0 heterocycles. The van der Waals surface area contributed by atoms with Crippen LogP contribution < -0.4 is 10.1 Å². The number of amides is 1. The highest BCUT2D eigenvalue weighted by Gasteiger charge is 2.18. The summed E-state index contributed by atoms with van der Waals surface area (Å²) in [6, 6.07) is 25.5. The summed E-state index contributed by atoms with van der Waals surface area (Å²) < 4.78 is 10.9. The molecule has 3 aromatic rings. The quantitative estimate of drug-likeness (QED) is 0.620. The maximum Gasteiger partial charge on any atom is 0.338 e. The van der Waals surface area contributed by atoms with Crippen LogP contribution in [0.1, 0.15) is 22.8 Å². The van der Waals surface area contributed by atoms with Gasteiger partial charge >= 0.3 is 5.97 Å². The fourth-order valence-electron chi connectivity index (χ4n) is 2.48. The molecule has 0 radical (unpaired) electrons. The smallest absolute Gasteiger partial charge is 0.338 e. The van der Waals surface area contributed by atoms with Gasteiger partial charge in [0, 0.05) is 5.69 Å². The SMILES string of the molecule is C[C@H](OC(=O)c1ccccc1)C(=O)Nc1ccc(OCc2ccccc2)cc1. The van der Waals surface area contributed by atoms with E-state index >= 15 is 0 Å². The summed E-state index contributed by atoms with van der Waals surface area (Å²) in [6.45, 7) is 2.01. The first-order valence-electron chi connectivity index (χ1n) is 8.95. The third-order valence-corrected chi connectivity index (χ3v) is 4.03. The molecule has 1 atom stereocenters. The van der Waals surface area contributed by atoms with E-state index in [2.05, 4.69) is 5.32 Å². The van der Waals surface area contributed by atoms with Crippen molar-refractivity contribution in [2.75, 3.05) is 5.32 Å². The predicted octanol–water partition coefficient (Wildman–Crippen LogP) is 4.45. The van der Waals surface area contributed by atoms with Gasteiger partial charge < -0.3 is 14.8 Å². The molecule has 1 amide bonds. The minimum Gasteiger partial charge on any atom is -0.489 e. The zero-order valence-corrected chi connectivity index (χ0v) is 15.5. The monoisotopic (exact) mass is 375 g/mol. The molecular formula is C23H21NO4. The van der Waals surface area contributed by atoms with Crippen LogP contribution in [0.5, 0.6) is 5.75 Å². The number of esters is 1. The lowest BCUT2D eigenvalue weighted by Crippen LogP contribution is -2.29. The molecule has 0 unspecified atom stereocenters. The van der Waals surface area contributed by atoms with Crippen molar-refractivity contribution in [1.82, 2.24) is 0 Å². The lowest BCUT2D eigenvalue weighted by molar-refractivity contribution is -0.123. The Morgan fingerprint density at radius 3 is 2.11 bits per heavy atom. The molecule has 0 spiro atoms. The van der Waals surface area contributed by atoms with Gasteiger partial charge in [0.25, 0.3) is 5.91 Å². The predicted molar refractivity (Wildman–Crippen MR) is 107 cm³/mol. The van der Waals surface area contributed by atoms with Crippen LogP contribution in [0.3, 0.4) is 0 Å². The Kier molecular flexibility index (Phi) is 6.41. The molecule has 0 bridgehead atoms. The zero-order chi connectivity index (χ0) is 19.8. The van der Waals surface area contributed by atoms with E-state index in [9.17, 15) is 9.59 Å². The van der Waals surface area contributed by atoms with Crippen molar-refractivity contribution >= 4 is 17.6 Å². The highest BCUT2D eigenvalue weighted by atomic mass is 16.5. The minimum atomic E-state index is -0.915. The van der Waals surface area contributed by atoms with Crippen molar-refractivity contribution in [2.24, 2.45) is 0 Å². The summed E-state index contributed by atoms with van der Waals surface area (Å²) in [7, 11) is 0. The highest BCUT2D eigenvalue weighted by Crippen LogP contribution is 2.17. The first kappa shape index (κ1) is 19.2. The van der Waals surface area contributed by atoms with Crippen LogP contribution in [0, 0.1) is 0 Å². The molecule has 3 aromatic carbocycles. The Labute approximate surface area is 163 Å². The van der Waals surface area contributed by atoms with E-state index in [1.807, 2.05) is 30.3 Å². The molecule has 28 heavy (non-hydrogen) atoms. The number of ether oxygens (including phenoxy) is 2. The van der Waals surface area contributed by atoms with Crippen LogP contribution in [0.4, 0.5) is 5.69 Å². The van der Waals surface area contributed by atoms with E-state index in [4.69, 9.17) is 9.47 Å².